The molecule has 1 unspecified atom stereocenters. The number of carbonyl (C=O) groups excluding carboxylic acids is 1. The van der Waals surface area contributed by atoms with Crippen LogP contribution in [0.3, 0.4) is 0 Å². The Balaban J connectivity index is 1.86. The van der Waals surface area contributed by atoms with Crippen LogP contribution in [0, 0.1) is 6.92 Å². The largest absolute Gasteiger partial charge is 0.333 e. The Morgan fingerprint density at radius 1 is 0.867 bits per heavy atom. The van der Waals surface area contributed by atoms with E-state index in [-0.39, 0.29) is 17.9 Å². The van der Waals surface area contributed by atoms with E-state index >= 15 is 0 Å². The Labute approximate surface area is 182 Å². The summed E-state index contributed by atoms with van der Waals surface area (Å²) in [6.07, 6.45) is 0.220. The average molecular weight is 420 g/mol. The van der Waals surface area contributed by atoms with Gasteiger partial charge in [0.15, 0.2) is 0 Å². The van der Waals surface area contributed by atoms with Crippen molar-refractivity contribution in [1.82, 2.24) is 4.90 Å². The molecule has 1 atom stereocenters. The molecule has 0 aromatic heterocycles. The van der Waals surface area contributed by atoms with Crippen LogP contribution in [0.25, 0.3) is 0 Å². The minimum atomic E-state index is -1.33. The Hall–Kier alpha value is -2.72. The van der Waals surface area contributed by atoms with E-state index in [0.717, 1.165) is 21.6 Å². The molecule has 3 nitrogen and oxygen atoms in total. The predicted octanol–water partition coefficient (Wildman–Crippen LogP) is 5.53. The SMILES string of the molecule is Cc1ccc(S(=O)c2ccccc2CC(=O)N(Cc2ccccc2)C(C)(C)C)cc1. The molecular weight excluding hydrogens is 390 g/mol. The summed E-state index contributed by atoms with van der Waals surface area (Å²) in [4.78, 5) is 16.7. The summed E-state index contributed by atoms with van der Waals surface area (Å²) in [7, 11) is -1.33. The molecule has 0 N–H and O–H groups in total. The number of hydrogen-bond acceptors (Lipinski definition) is 2. The second-order valence-electron chi connectivity index (χ2n) is 8.50. The summed E-state index contributed by atoms with van der Waals surface area (Å²) in [5, 5.41) is 0. The lowest BCUT2D eigenvalue weighted by Gasteiger charge is -2.36. The molecule has 0 radical (unpaired) electrons. The van der Waals surface area contributed by atoms with Crippen LogP contribution >= 0.6 is 0 Å². The average Bonchev–Trinajstić information content (AvgIpc) is 2.72. The molecule has 3 rings (SSSR count). The van der Waals surface area contributed by atoms with Crippen molar-refractivity contribution in [2.75, 3.05) is 0 Å². The number of aryl methyl sites for hydroxylation is 1. The van der Waals surface area contributed by atoms with E-state index < -0.39 is 10.8 Å². The third-order valence-electron chi connectivity index (χ3n) is 5.04. The van der Waals surface area contributed by atoms with Crippen LogP contribution in [0.5, 0.6) is 0 Å². The highest BCUT2D eigenvalue weighted by Gasteiger charge is 2.27. The molecule has 0 aliphatic rings. The van der Waals surface area contributed by atoms with Gasteiger partial charge in [-0.15, -0.1) is 0 Å². The Bertz CT molecular complexity index is 1020. The second-order valence-corrected chi connectivity index (χ2v) is 9.95. The van der Waals surface area contributed by atoms with E-state index in [1.807, 2.05) is 111 Å². The monoisotopic (exact) mass is 419 g/mol. The first-order valence-corrected chi connectivity index (χ1v) is 11.3. The molecule has 0 heterocycles. The fourth-order valence-electron chi connectivity index (χ4n) is 3.34. The van der Waals surface area contributed by atoms with Gasteiger partial charge in [-0.3, -0.25) is 4.79 Å². The number of carbonyl (C=O) groups is 1. The van der Waals surface area contributed by atoms with Gasteiger partial charge in [0, 0.05) is 21.9 Å². The van der Waals surface area contributed by atoms with Crippen molar-refractivity contribution >= 4 is 16.7 Å². The summed E-state index contributed by atoms with van der Waals surface area (Å²) < 4.78 is 13.2. The molecule has 156 valence electrons. The highest BCUT2D eigenvalue weighted by atomic mass is 32.2. The summed E-state index contributed by atoms with van der Waals surface area (Å²) >= 11 is 0. The number of nitrogens with zero attached hydrogens (tertiary/aromatic N) is 1. The van der Waals surface area contributed by atoms with E-state index in [1.165, 1.54) is 0 Å². The lowest BCUT2D eigenvalue weighted by atomic mass is 10.0. The molecule has 3 aromatic rings. The highest BCUT2D eigenvalue weighted by Crippen LogP contribution is 2.24. The molecule has 0 fully saturated rings. The van der Waals surface area contributed by atoms with Gasteiger partial charge in [0.1, 0.15) is 0 Å². The maximum absolute atomic E-state index is 13.3. The zero-order chi connectivity index (χ0) is 21.7. The molecule has 0 saturated carbocycles. The van der Waals surface area contributed by atoms with E-state index in [2.05, 4.69) is 0 Å². The smallest absolute Gasteiger partial charge is 0.227 e. The standard InChI is InChI=1S/C26H29NO2S/c1-20-14-16-23(17-15-20)30(29)24-13-9-8-12-22(24)18-25(28)27(26(2,3)4)19-21-10-6-5-7-11-21/h5-17H,18-19H2,1-4H3. The summed E-state index contributed by atoms with van der Waals surface area (Å²) in [6, 6.07) is 25.3. The molecular formula is C26H29NO2S. The van der Waals surface area contributed by atoms with Crippen LogP contribution < -0.4 is 0 Å². The zero-order valence-corrected chi connectivity index (χ0v) is 18.9. The lowest BCUT2D eigenvalue weighted by Crippen LogP contribution is -2.45. The summed E-state index contributed by atoms with van der Waals surface area (Å²) in [5.74, 6) is 0.0275. The molecule has 0 saturated heterocycles. The quantitative estimate of drug-likeness (QED) is 0.527. The van der Waals surface area contributed by atoms with Gasteiger partial charge in [-0.1, -0.05) is 66.2 Å². The van der Waals surface area contributed by atoms with Crippen LogP contribution in [0.4, 0.5) is 0 Å². The zero-order valence-electron chi connectivity index (χ0n) is 18.1. The van der Waals surface area contributed by atoms with Gasteiger partial charge in [-0.05, 0) is 57.0 Å². The number of benzene rings is 3. The van der Waals surface area contributed by atoms with E-state index in [9.17, 15) is 9.00 Å². The number of rotatable bonds is 6. The summed E-state index contributed by atoms with van der Waals surface area (Å²) in [5.41, 5.74) is 2.71. The van der Waals surface area contributed by atoms with Gasteiger partial charge in [0.05, 0.1) is 17.2 Å². The summed E-state index contributed by atoms with van der Waals surface area (Å²) in [6.45, 7) is 8.69. The van der Waals surface area contributed by atoms with Crippen molar-refractivity contribution < 1.29 is 9.00 Å². The van der Waals surface area contributed by atoms with Gasteiger partial charge in [-0.2, -0.15) is 0 Å². The third-order valence-corrected chi connectivity index (χ3v) is 6.54. The first kappa shape index (κ1) is 22.0. The van der Waals surface area contributed by atoms with Crippen molar-refractivity contribution in [2.24, 2.45) is 0 Å². The van der Waals surface area contributed by atoms with Crippen LogP contribution in [-0.4, -0.2) is 20.6 Å². The van der Waals surface area contributed by atoms with Crippen molar-refractivity contribution in [3.05, 3.63) is 95.6 Å². The minimum absolute atomic E-state index is 0.0275. The van der Waals surface area contributed by atoms with Crippen molar-refractivity contribution in [3.8, 4) is 0 Å². The van der Waals surface area contributed by atoms with Crippen LogP contribution in [0.2, 0.25) is 0 Å². The van der Waals surface area contributed by atoms with Crippen LogP contribution in [-0.2, 0) is 28.6 Å². The van der Waals surface area contributed by atoms with E-state index in [4.69, 9.17) is 0 Å². The van der Waals surface area contributed by atoms with Crippen molar-refractivity contribution in [2.45, 2.75) is 56.0 Å². The molecule has 1 amide bonds. The van der Waals surface area contributed by atoms with E-state index in [1.54, 1.807) is 0 Å². The van der Waals surface area contributed by atoms with Crippen molar-refractivity contribution in [1.29, 1.82) is 0 Å². The first-order chi connectivity index (χ1) is 14.3. The second kappa shape index (κ2) is 9.40. The molecule has 3 aromatic carbocycles. The number of amides is 1. The first-order valence-electron chi connectivity index (χ1n) is 10.2. The molecule has 0 aliphatic heterocycles. The third kappa shape index (κ3) is 5.45. The minimum Gasteiger partial charge on any atom is -0.333 e. The molecule has 30 heavy (non-hydrogen) atoms. The molecule has 0 bridgehead atoms. The Kier molecular flexibility index (Phi) is 6.88. The van der Waals surface area contributed by atoms with Gasteiger partial charge in [0.2, 0.25) is 5.91 Å². The Morgan fingerprint density at radius 3 is 2.10 bits per heavy atom. The van der Waals surface area contributed by atoms with Crippen LogP contribution in [0.15, 0.2) is 88.7 Å². The lowest BCUT2D eigenvalue weighted by molar-refractivity contribution is -0.136. The Morgan fingerprint density at radius 2 is 1.47 bits per heavy atom. The topological polar surface area (TPSA) is 37.4 Å². The molecule has 0 spiro atoms. The highest BCUT2D eigenvalue weighted by molar-refractivity contribution is 7.85. The van der Waals surface area contributed by atoms with Crippen LogP contribution in [0.1, 0.15) is 37.5 Å². The maximum Gasteiger partial charge on any atom is 0.227 e. The normalized spacial score (nSPS) is 12.4. The van der Waals surface area contributed by atoms with Crippen molar-refractivity contribution in [3.63, 3.8) is 0 Å². The number of hydrogen-bond donors (Lipinski definition) is 0. The van der Waals surface area contributed by atoms with Gasteiger partial charge in [0.25, 0.3) is 0 Å². The fourth-order valence-corrected chi connectivity index (χ4v) is 4.56. The van der Waals surface area contributed by atoms with Gasteiger partial charge < -0.3 is 4.90 Å². The predicted molar refractivity (Wildman–Crippen MR) is 123 cm³/mol. The molecule has 4 heteroatoms. The van der Waals surface area contributed by atoms with E-state index in [0.29, 0.717) is 11.4 Å². The molecule has 0 aliphatic carbocycles. The fraction of sp³-hybridized carbons (Fsp3) is 0.269. The van der Waals surface area contributed by atoms with Gasteiger partial charge in [-0.25, -0.2) is 4.21 Å². The maximum atomic E-state index is 13.3. The van der Waals surface area contributed by atoms with Gasteiger partial charge >= 0.3 is 0 Å².